The zero-order valence-corrected chi connectivity index (χ0v) is 16.4. The number of ether oxygens (including phenoxy) is 1. The Labute approximate surface area is 174 Å². The Balaban J connectivity index is 1.52. The third-order valence-corrected chi connectivity index (χ3v) is 5.47. The third kappa shape index (κ3) is 3.51. The van der Waals surface area contributed by atoms with Crippen molar-refractivity contribution < 1.29 is 4.74 Å². The van der Waals surface area contributed by atoms with Gasteiger partial charge >= 0.3 is 0 Å². The largest absolute Gasteiger partial charge is 0.472 e. The van der Waals surface area contributed by atoms with Crippen molar-refractivity contribution in [3.05, 3.63) is 66.6 Å². The minimum Gasteiger partial charge on any atom is -0.472 e. The number of piperidine rings is 1. The molecule has 0 saturated carbocycles. The number of nitriles is 1. The Morgan fingerprint density at radius 2 is 2.03 bits per heavy atom. The molecule has 30 heavy (non-hydrogen) atoms. The molecule has 0 bridgehead atoms. The summed E-state index contributed by atoms with van der Waals surface area (Å²) in [6, 6.07) is 16.1. The molecule has 6 heteroatoms. The third-order valence-electron chi connectivity index (χ3n) is 5.47. The molecule has 1 aliphatic rings. The van der Waals surface area contributed by atoms with Crippen molar-refractivity contribution >= 4 is 10.9 Å². The maximum Gasteiger partial charge on any atom is 0.233 e. The Hall–Kier alpha value is -3.69. The Bertz CT molecular complexity index is 1230. The molecule has 1 saturated heterocycles. The van der Waals surface area contributed by atoms with Crippen molar-refractivity contribution in [1.29, 1.82) is 5.26 Å². The number of hydrogen-bond donors (Lipinski definition) is 2. The molecule has 1 atom stereocenters. The first-order chi connectivity index (χ1) is 14.8. The molecule has 0 aliphatic carbocycles. The van der Waals surface area contributed by atoms with Gasteiger partial charge in [0.2, 0.25) is 5.88 Å². The molecule has 2 aromatic heterocycles. The lowest BCUT2D eigenvalue weighted by Gasteiger charge is -2.23. The van der Waals surface area contributed by atoms with Crippen LogP contribution in [-0.4, -0.2) is 34.1 Å². The van der Waals surface area contributed by atoms with E-state index in [2.05, 4.69) is 27.4 Å². The van der Waals surface area contributed by atoms with Gasteiger partial charge < -0.3 is 15.0 Å². The number of rotatable bonds is 4. The Morgan fingerprint density at radius 1 is 1.10 bits per heavy atom. The van der Waals surface area contributed by atoms with Crippen LogP contribution in [0, 0.1) is 11.3 Å². The van der Waals surface area contributed by atoms with Crippen LogP contribution in [0.4, 0.5) is 0 Å². The van der Waals surface area contributed by atoms with Gasteiger partial charge in [0.1, 0.15) is 6.10 Å². The predicted molar refractivity (Wildman–Crippen MR) is 116 cm³/mol. The van der Waals surface area contributed by atoms with E-state index in [4.69, 9.17) is 9.72 Å². The van der Waals surface area contributed by atoms with E-state index in [-0.39, 0.29) is 6.10 Å². The maximum atomic E-state index is 9.46. The minimum absolute atomic E-state index is 0.125. The average molecular weight is 395 g/mol. The lowest BCUT2D eigenvalue weighted by atomic mass is 9.98. The summed E-state index contributed by atoms with van der Waals surface area (Å²) in [5.74, 6) is 0.543. The van der Waals surface area contributed by atoms with E-state index in [9.17, 15) is 5.26 Å². The summed E-state index contributed by atoms with van der Waals surface area (Å²) >= 11 is 0. The monoisotopic (exact) mass is 395 g/mol. The van der Waals surface area contributed by atoms with Crippen LogP contribution >= 0.6 is 0 Å². The first-order valence-corrected chi connectivity index (χ1v) is 10.1. The normalized spacial score (nSPS) is 16.3. The van der Waals surface area contributed by atoms with Crippen LogP contribution in [0.15, 0.2) is 61.1 Å². The molecule has 1 fully saturated rings. The van der Waals surface area contributed by atoms with Gasteiger partial charge in [-0.1, -0.05) is 24.3 Å². The minimum atomic E-state index is 0.125. The van der Waals surface area contributed by atoms with Crippen LogP contribution in [-0.2, 0) is 0 Å². The summed E-state index contributed by atoms with van der Waals surface area (Å²) in [6.45, 7) is 1.87. The average Bonchev–Trinajstić information content (AvgIpc) is 3.23. The molecule has 4 aromatic rings. The molecule has 148 valence electrons. The highest BCUT2D eigenvalue weighted by Gasteiger charge is 2.16. The second-order valence-electron chi connectivity index (χ2n) is 7.45. The van der Waals surface area contributed by atoms with E-state index in [1.807, 2.05) is 42.6 Å². The highest BCUT2D eigenvalue weighted by molar-refractivity contribution is 5.97. The maximum absolute atomic E-state index is 9.46. The number of nitrogens with one attached hydrogen (secondary N) is 2. The van der Waals surface area contributed by atoms with Gasteiger partial charge in [-0.05, 0) is 48.7 Å². The van der Waals surface area contributed by atoms with Crippen LogP contribution in [0.1, 0.15) is 18.4 Å². The van der Waals surface area contributed by atoms with Crippen molar-refractivity contribution in [1.82, 2.24) is 20.3 Å². The number of fused-ring (bicyclic) bond motifs is 1. The van der Waals surface area contributed by atoms with Crippen LogP contribution in [0.25, 0.3) is 33.3 Å². The van der Waals surface area contributed by atoms with Crippen molar-refractivity contribution in [3.8, 4) is 34.3 Å². The van der Waals surface area contributed by atoms with Crippen molar-refractivity contribution in [2.24, 2.45) is 0 Å². The number of aromatic nitrogens is 3. The summed E-state index contributed by atoms with van der Waals surface area (Å²) in [6.07, 6.45) is 7.62. The van der Waals surface area contributed by atoms with Crippen LogP contribution < -0.4 is 10.1 Å². The van der Waals surface area contributed by atoms with E-state index in [1.165, 1.54) is 0 Å². The molecule has 6 nitrogen and oxygen atoms in total. The van der Waals surface area contributed by atoms with Gasteiger partial charge in [-0.15, -0.1) is 0 Å². The molecule has 1 unspecified atom stereocenters. The van der Waals surface area contributed by atoms with E-state index in [0.717, 1.165) is 59.2 Å². The van der Waals surface area contributed by atoms with Gasteiger partial charge in [0.15, 0.2) is 0 Å². The summed E-state index contributed by atoms with van der Waals surface area (Å²) in [5, 5.41) is 13.8. The molecule has 0 amide bonds. The van der Waals surface area contributed by atoms with Gasteiger partial charge in [0.05, 0.1) is 29.7 Å². The smallest absolute Gasteiger partial charge is 0.233 e. The first-order valence-electron chi connectivity index (χ1n) is 10.1. The Kier molecular flexibility index (Phi) is 4.88. The van der Waals surface area contributed by atoms with Crippen LogP contribution in [0.2, 0.25) is 0 Å². The summed E-state index contributed by atoms with van der Waals surface area (Å²) in [7, 11) is 0. The molecule has 0 spiro atoms. The molecule has 2 N–H and O–H groups in total. The topological polar surface area (TPSA) is 86.6 Å². The van der Waals surface area contributed by atoms with E-state index in [1.54, 1.807) is 12.4 Å². The highest BCUT2D eigenvalue weighted by Crippen LogP contribution is 2.32. The fourth-order valence-corrected chi connectivity index (χ4v) is 3.96. The molecule has 3 heterocycles. The first kappa shape index (κ1) is 18.3. The number of benzene rings is 2. The fraction of sp³-hybridized carbons (Fsp3) is 0.208. The van der Waals surface area contributed by atoms with Crippen LogP contribution in [0.3, 0.4) is 0 Å². The van der Waals surface area contributed by atoms with Crippen molar-refractivity contribution in [2.45, 2.75) is 18.9 Å². The predicted octanol–water partition coefficient (Wildman–Crippen LogP) is 4.29. The van der Waals surface area contributed by atoms with Gasteiger partial charge in [0.25, 0.3) is 0 Å². The van der Waals surface area contributed by atoms with Gasteiger partial charge in [-0.3, -0.25) is 4.98 Å². The lowest BCUT2D eigenvalue weighted by molar-refractivity contribution is 0.160. The zero-order valence-electron chi connectivity index (χ0n) is 16.4. The van der Waals surface area contributed by atoms with E-state index < -0.39 is 0 Å². The molecule has 0 radical (unpaired) electrons. The number of aromatic amines is 1. The van der Waals surface area contributed by atoms with E-state index >= 15 is 0 Å². The molecule has 1 aliphatic heterocycles. The zero-order chi connectivity index (χ0) is 20.3. The number of hydrogen-bond acceptors (Lipinski definition) is 5. The highest BCUT2D eigenvalue weighted by atomic mass is 16.5. The lowest BCUT2D eigenvalue weighted by Crippen LogP contribution is -2.37. The SMILES string of the molecule is N#Cc1ccccc1-c1ccc2[nH]cc(-c3cncc(OC4CCCNC4)n3)c2c1. The quantitative estimate of drug-likeness (QED) is 0.538. The number of nitrogens with zero attached hydrogens (tertiary/aromatic N) is 3. The standard InChI is InChI=1S/C24H21N5O/c25-11-17-4-1-2-6-19(17)16-7-8-22-20(10-16)21(13-28-22)23-14-27-15-24(29-23)30-18-5-3-9-26-12-18/h1-2,4,6-8,10,13-15,18,26,28H,3,5,9,12H2. The van der Waals surface area contributed by atoms with Gasteiger partial charge in [-0.2, -0.15) is 5.26 Å². The second kappa shape index (κ2) is 7.97. The van der Waals surface area contributed by atoms with Gasteiger partial charge in [-0.25, -0.2) is 4.98 Å². The summed E-state index contributed by atoms with van der Waals surface area (Å²) in [4.78, 5) is 12.4. The van der Waals surface area contributed by atoms with Crippen LogP contribution in [0.5, 0.6) is 5.88 Å². The van der Waals surface area contributed by atoms with Crippen molar-refractivity contribution in [3.63, 3.8) is 0 Å². The molecule has 2 aromatic carbocycles. The summed E-state index contributed by atoms with van der Waals surface area (Å²) in [5.41, 5.74) is 5.29. The van der Waals surface area contributed by atoms with E-state index in [0.29, 0.717) is 11.4 Å². The molecule has 5 rings (SSSR count). The second-order valence-corrected chi connectivity index (χ2v) is 7.45. The van der Waals surface area contributed by atoms with Gasteiger partial charge in [0, 0.05) is 29.2 Å². The summed E-state index contributed by atoms with van der Waals surface area (Å²) < 4.78 is 6.05. The van der Waals surface area contributed by atoms with Crippen molar-refractivity contribution in [2.75, 3.05) is 13.1 Å². The molecular formula is C24H21N5O. The molecular weight excluding hydrogens is 374 g/mol. The fourth-order valence-electron chi connectivity index (χ4n) is 3.96. The Morgan fingerprint density at radius 3 is 2.90 bits per heavy atom. The number of H-pyrrole nitrogens is 1.